The van der Waals surface area contributed by atoms with Gasteiger partial charge >= 0.3 is 0 Å². The van der Waals surface area contributed by atoms with Gasteiger partial charge in [0, 0.05) is 0 Å². The van der Waals surface area contributed by atoms with Crippen molar-refractivity contribution in [2.75, 3.05) is 0 Å². The van der Waals surface area contributed by atoms with Crippen molar-refractivity contribution in [1.82, 2.24) is 0 Å². The molecule has 0 saturated carbocycles. The van der Waals surface area contributed by atoms with Gasteiger partial charge in [0.1, 0.15) is 5.60 Å². The topological polar surface area (TPSA) is 57.5 Å². The summed E-state index contributed by atoms with van der Waals surface area (Å²) < 4.78 is 0. The van der Waals surface area contributed by atoms with E-state index in [0.29, 0.717) is 12.8 Å². The Hall–Kier alpha value is -1.19. The van der Waals surface area contributed by atoms with Crippen LogP contribution in [0.3, 0.4) is 0 Å². The molecule has 88 valence electrons. The number of aryl methyl sites for hydroxylation is 1. The van der Waals surface area contributed by atoms with Gasteiger partial charge in [-0.15, -0.1) is 0 Å². The molecule has 0 aliphatic rings. The fraction of sp³-hybridized carbons (Fsp3) is 0.462. The lowest BCUT2D eigenvalue weighted by atomic mass is 9.90. The summed E-state index contributed by atoms with van der Waals surface area (Å²) in [6.07, 6.45) is -0.00705. The fourth-order valence-electron chi connectivity index (χ4n) is 1.46. The Morgan fingerprint density at radius 1 is 1.38 bits per heavy atom. The smallest absolute Gasteiger partial charge is 0.163 e. The molecule has 0 fully saturated rings. The predicted octanol–water partition coefficient (Wildman–Crippen LogP) is 1.32. The van der Waals surface area contributed by atoms with Crippen LogP contribution < -0.4 is 0 Å². The third-order valence-electron chi connectivity index (χ3n) is 2.91. The summed E-state index contributed by atoms with van der Waals surface area (Å²) in [6, 6.07) is 9.67. The maximum Gasteiger partial charge on any atom is 0.163 e. The first-order valence-corrected chi connectivity index (χ1v) is 5.40. The van der Waals surface area contributed by atoms with Crippen molar-refractivity contribution in [2.45, 2.75) is 38.4 Å². The largest absolute Gasteiger partial charge is 0.390 e. The molecule has 2 atom stereocenters. The van der Waals surface area contributed by atoms with E-state index in [0.717, 1.165) is 5.56 Å². The van der Waals surface area contributed by atoms with Crippen molar-refractivity contribution in [3.05, 3.63) is 35.9 Å². The van der Waals surface area contributed by atoms with E-state index in [-0.39, 0.29) is 0 Å². The summed E-state index contributed by atoms with van der Waals surface area (Å²) in [6.45, 7) is 2.64. The molecular formula is C13H18O3. The number of aliphatic hydroxyl groups is 2. The van der Waals surface area contributed by atoms with Crippen LogP contribution in [0.4, 0.5) is 0 Å². The van der Waals surface area contributed by atoms with Gasteiger partial charge in [0.2, 0.25) is 0 Å². The monoisotopic (exact) mass is 222 g/mol. The van der Waals surface area contributed by atoms with E-state index in [2.05, 4.69) is 0 Å². The minimum absolute atomic E-state index is 0.372. The molecule has 0 bridgehead atoms. The molecule has 0 aromatic heterocycles. The number of carbonyl (C=O) groups is 1. The van der Waals surface area contributed by atoms with Crippen molar-refractivity contribution < 1.29 is 15.0 Å². The Kier molecular flexibility index (Phi) is 4.21. The molecule has 3 nitrogen and oxygen atoms in total. The number of ketones is 1. The Morgan fingerprint density at radius 3 is 2.44 bits per heavy atom. The second kappa shape index (κ2) is 5.23. The molecule has 0 heterocycles. The number of benzene rings is 1. The predicted molar refractivity (Wildman–Crippen MR) is 62.1 cm³/mol. The lowest BCUT2D eigenvalue weighted by Gasteiger charge is -2.26. The van der Waals surface area contributed by atoms with E-state index in [9.17, 15) is 15.0 Å². The Bertz CT molecular complexity index is 343. The first kappa shape index (κ1) is 12.9. The van der Waals surface area contributed by atoms with Gasteiger partial charge in [0.15, 0.2) is 5.78 Å². The molecule has 0 aliphatic heterocycles. The molecule has 1 aromatic rings. The number of hydrogen-bond acceptors (Lipinski definition) is 3. The van der Waals surface area contributed by atoms with E-state index < -0.39 is 17.5 Å². The summed E-state index contributed by atoms with van der Waals surface area (Å²) in [4.78, 5) is 11.1. The zero-order valence-corrected chi connectivity index (χ0v) is 9.68. The van der Waals surface area contributed by atoms with Crippen LogP contribution in [0, 0.1) is 0 Å². The second-order valence-corrected chi connectivity index (χ2v) is 4.24. The summed E-state index contributed by atoms with van der Waals surface area (Å²) in [5.41, 5.74) is -0.560. The van der Waals surface area contributed by atoms with Crippen LogP contribution in [0.5, 0.6) is 0 Å². The van der Waals surface area contributed by atoms with Crippen molar-refractivity contribution in [2.24, 2.45) is 0 Å². The molecule has 1 rings (SSSR count). The zero-order chi connectivity index (χ0) is 12.2. The minimum atomic E-state index is -1.64. The average Bonchev–Trinajstić information content (AvgIpc) is 2.27. The van der Waals surface area contributed by atoms with Crippen LogP contribution in [0.2, 0.25) is 0 Å². The summed E-state index contributed by atoms with van der Waals surface area (Å²) >= 11 is 0. The highest BCUT2D eigenvalue weighted by Crippen LogP contribution is 2.16. The van der Waals surface area contributed by atoms with Crippen LogP contribution in [-0.4, -0.2) is 27.7 Å². The van der Waals surface area contributed by atoms with Crippen molar-refractivity contribution in [1.29, 1.82) is 0 Å². The number of Topliss-reactive ketones (excluding diaryl/α,β-unsaturated/α-hetero) is 1. The first-order chi connectivity index (χ1) is 7.44. The first-order valence-electron chi connectivity index (χ1n) is 5.40. The lowest BCUT2D eigenvalue weighted by Crippen LogP contribution is -2.45. The summed E-state index contributed by atoms with van der Waals surface area (Å²) in [5, 5.41) is 19.5. The van der Waals surface area contributed by atoms with Gasteiger partial charge in [-0.3, -0.25) is 4.79 Å². The van der Waals surface area contributed by atoms with Crippen molar-refractivity contribution in [3.63, 3.8) is 0 Å². The SMILES string of the molecule is CC(=O)[C@@](C)(O)[C@H](O)CCc1ccccc1. The summed E-state index contributed by atoms with van der Waals surface area (Å²) in [7, 11) is 0. The van der Waals surface area contributed by atoms with Gasteiger partial charge in [0.05, 0.1) is 6.10 Å². The third-order valence-corrected chi connectivity index (χ3v) is 2.91. The Labute approximate surface area is 95.7 Å². The van der Waals surface area contributed by atoms with Gasteiger partial charge in [-0.25, -0.2) is 0 Å². The zero-order valence-electron chi connectivity index (χ0n) is 9.68. The average molecular weight is 222 g/mol. The third kappa shape index (κ3) is 3.15. The molecule has 0 amide bonds. The van der Waals surface area contributed by atoms with Gasteiger partial charge in [-0.1, -0.05) is 30.3 Å². The quantitative estimate of drug-likeness (QED) is 0.790. The van der Waals surface area contributed by atoms with E-state index in [4.69, 9.17) is 0 Å². The van der Waals surface area contributed by atoms with E-state index in [1.807, 2.05) is 30.3 Å². The molecule has 1 aromatic carbocycles. The fourth-order valence-corrected chi connectivity index (χ4v) is 1.46. The number of hydrogen-bond donors (Lipinski definition) is 2. The molecule has 2 N–H and O–H groups in total. The molecule has 16 heavy (non-hydrogen) atoms. The van der Waals surface area contributed by atoms with Gasteiger partial charge in [0.25, 0.3) is 0 Å². The maximum atomic E-state index is 11.1. The highest BCUT2D eigenvalue weighted by molar-refractivity contribution is 5.84. The van der Waals surface area contributed by atoms with E-state index in [1.165, 1.54) is 13.8 Å². The molecule has 0 saturated heterocycles. The van der Waals surface area contributed by atoms with Crippen LogP contribution in [0.1, 0.15) is 25.8 Å². The molecule has 0 unspecified atom stereocenters. The standard InChI is InChI=1S/C13H18O3/c1-10(14)13(2,16)12(15)9-8-11-6-4-3-5-7-11/h3-7,12,15-16H,8-9H2,1-2H3/t12-,13-/m1/s1. The number of carbonyl (C=O) groups excluding carboxylic acids is 1. The molecule has 0 spiro atoms. The Balaban J connectivity index is 2.53. The highest BCUT2D eigenvalue weighted by Gasteiger charge is 2.34. The van der Waals surface area contributed by atoms with Crippen molar-refractivity contribution in [3.8, 4) is 0 Å². The van der Waals surface area contributed by atoms with Gasteiger partial charge in [-0.2, -0.15) is 0 Å². The van der Waals surface area contributed by atoms with Crippen molar-refractivity contribution >= 4 is 5.78 Å². The molecular weight excluding hydrogens is 204 g/mol. The number of rotatable bonds is 5. The van der Waals surface area contributed by atoms with E-state index in [1.54, 1.807) is 0 Å². The van der Waals surface area contributed by atoms with Crippen LogP contribution in [0.15, 0.2) is 30.3 Å². The maximum absolute atomic E-state index is 11.1. The van der Waals surface area contributed by atoms with Crippen LogP contribution in [0.25, 0.3) is 0 Å². The Morgan fingerprint density at radius 2 is 1.94 bits per heavy atom. The summed E-state index contributed by atoms with van der Waals surface area (Å²) in [5.74, 6) is -0.409. The van der Waals surface area contributed by atoms with Crippen LogP contribution in [-0.2, 0) is 11.2 Å². The molecule has 0 radical (unpaired) electrons. The molecule has 3 heteroatoms. The normalized spacial score (nSPS) is 16.5. The minimum Gasteiger partial charge on any atom is -0.390 e. The molecule has 0 aliphatic carbocycles. The van der Waals surface area contributed by atoms with Crippen LogP contribution >= 0.6 is 0 Å². The number of aliphatic hydroxyl groups excluding tert-OH is 1. The van der Waals surface area contributed by atoms with Gasteiger partial charge < -0.3 is 10.2 Å². The second-order valence-electron chi connectivity index (χ2n) is 4.24. The van der Waals surface area contributed by atoms with Gasteiger partial charge in [-0.05, 0) is 32.3 Å². The lowest BCUT2D eigenvalue weighted by molar-refractivity contribution is -0.145. The van der Waals surface area contributed by atoms with E-state index >= 15 is 0 Å². The highest BCUT2D eigenvalue weighted by atomic mass is 16.3.